The van der Waals surface area contributed by atoms with E-state index in [-0.39, 0.29) is 5.92 Å². The van der Waals surface area contributed by atoms with E-state index in [0.717, 1.165) is 29.0 Å². The summed E-state index contributed by atoms with van der Waals surface area (Å²) in [5.41, 5.74) is 3.32. The van der Waals surface area contributed by atoms with Gasteiger partial charge in [0, 0.05) is 6.42 Å². The Labute approximate surface area is 138 Å². The molecule has 3 nitrogen and oxygen atoms in total. The molecule has 0 spiro atoms. The van der Waals surface area contributed by atoms with Gasteiger partial charge in [0.1, 0.15) is 11.5 Å². The zero-order chi connectivity index (χ0) is 16.7. The van der Waals surface area contributed by atoms with Crippen LogP contribution in [0.25, 0.3) is 0 Å². The number of aryl methyl sites for hydroxylation is 2. The second-order valence-corrected chi connectivity index (χ2v) is 5.56. The van der Waals surface area contributed by atoms with Crippen molar-refractivity contribution in [3.8, 4) is 17.6 Å². The molecular formula is C20H23NO2. The van der Waals surface area contributed by atoms with Gasteiger partial charge >= 0.3 is 0 Å². The maximum atomic E-state index is 9.47. The Morgan fingerprint density at radius 3 is 2.65 bits per heavy atom. The van der Waals surface area contributed by atoms with E-state index in [1.807, 2.05) is 43.3 Å². The normalized spacial score (nSPS) is 11.6. The van der Waals surface area contributed by atoms with Gasteiger partial charge in [-0.25, -0.2) is 0 Å². The summed E-state index contributed by atoms with van der Waals surface area (Å²) >= 11 is 0. The molecular weight excluding hydrogens is 286 g/mol. The average molecular weight is 309 g/mol. The van der Waals surface area contributed by atoms with Crippen molar-refractivity contribution in [3.63, 3.8) is 0 Å². The Morgan fingerprint density at radius 1 is 1.17 bits per heavy atom. The molecule has 0 amide bonds. The van der Waals surface area contributed by atoms with Gasteiger partial charge in [-0.3, -0.25) is 0 Å². The SMILES string of the molecule is CCc1cc(C(C#N)CCOc2cccc(C)c2)ccc1OC. The van der Waals surface area contributed by atoms with E-state index in [0.29, 0.717) is 13.0 Å². The smallest absolute Gasteiger partial charge is 0.122 e. The largest absolute Gasteiger partial charge is 0.496 e. The van der Waals surface area contributed by atoms with Crippen LogP contribution in [-0.2, 0) is 6.42 Å². The van der Waals surface area contributed by atoms with E-state index in [1.54, 1.807) is 7.11 Å². The van der Waals surface area contributed by atoms with Crippen molar-refractivity contribution in [2.45, 2.75) is 32.6 Å². The molecule has 1 atom stereocenters. The number of nitriles is 1. The lowest BCUT2D eigenvalue weighted by molar-refractivity contribution is 0.305. The standard InChI is InChI=1S/C20H23NO2/c1-4-16-13-17(8-9-20(16)22-3)18(14-21)10-11-23-19-7-5-6-15(2)12-19/h5-9,12-13,18H,4,10-11H2,1-3H3. The monoisotopic (exact) mass is 309 g/mol. The average Bonchev–Trinajstić information content (AvgIpc) is 2.58. The van der Waals surface area contributed by atoms with Crippen molar-refractivity contribution in [3.05, 3.63) is 59.2 Å². The molecule has 0 fully saturated rings. The summed E-state index contributed by atoms with van der Waals surface area (Å²) in [4.78, 5) is 0. The number of rotatable bonds is 7. The molecule has 1 unspecified atom stereocenters. The minimum atomic E-state index is -0.170. The molecule has 0 aromatic heterocycles. The fourth-order valence-electron chi connectivity index (χ4n) is 2.60. The lowest BCUT2D eigenvalue weighted by atomic mass is 9.95. The van der Waals surface area contributed by atoms with Gasteiger partial charge in [-0.15, -0.1) is 0 Å². The first-order valence-corrected chi connectivity index (χ1v) is 7.93. The third kappa shape index (κ3) is 4.50. The third-order valence-electron chi connectivity index (χ3n) is 3.91. The highest BCUT2D eigenvalue weighted by Gasteiger charge is 2.13. The fourth-order valence-corrected chi connectivity index (χ4v) is 2.60. The second kappa shape index (κ2) is 8.24. The molecule has 0 heterocycles. The zero-order valence-corrected chi connectivity index (χ0v) is 14.0. The summed E-state index contributed by atoms with van der Waals surface area (Å²) in [5.74, 6) is 1.56. The predicted molar refractivity (Wildman–Crippen MR) is 92.0 cm³/mol. The van der Waals surface area contributed by atoms with Crippen LogP contribution in [-0.4, -0.2) is 13.7 Å². The molecule has 2 aromatic rings. The molecule has 0 aliphatic heterocycles. The minimum absolute atomic E-state index is 0.170. The number of hydrogen-bond acceptors (Lipinski definition) is 3. The highest BCUT2D eigenvalue weighted by molar-refractivity contribution is 5.40. The molecule has 23 heavy (non-hydrogen) atoms. The summed E-state index contributed by atoms with van der Waals surface area (Å²) in [5, 5.41) is 9.47. The Balaban J connectivity index is 2.01. The molecule has 0 aliphatic carbocycles. The number of benzene rings is 2. The molecule has 2 rings (SSSR count). The van der Waals surface area contributed by atoms with Crippen LogP contribution in [0.5, 0.6) is 11.5 Å². The second-order valence-electron chi connectivity index (χ2n) is 5.56. The van der Waals surface area contributed by atoms with Crippen LogP contribution in [0.2, 0.25) is 0 Å². The summed E-state index contributed by atoms with van der Waals surface area (Å²) in [7, 11) is 1.67. The molecule has 0 N–H and O–H groups in total. The minimum Gasteiger partial charge on any atom is -0.496 e. The molecule has 0 aliphatic rings. The van der Waals surface area contributed by atoms with Crippen LogP contribution < -0.4 is 9.47 Å². The highest BCUT2D eigenvalue weighted by atomic mass is 16.5. The van der Waals surface area contributed by atoms with Gasteiger partial charge in [-0.2, -0.15) is 5.26 Å². The van der Waals surface area contributed by atoms with Crippen molar-refractivity contribution in [1.29, 1.82) is 5.26 Å². The van der Waals surface area contributed by atoms with Crippen LogP contribution >= 0.6 is 0 Å². The number of ether oxygens (including phenoxy) is 2. The van der Waals surface area contributed by atoms with Crippen LogP contribution in [0.15, 0.2) is 42.5 Å². The molecule has 3 heteroatoms. The van der Waals surface area contributed by atoms with Gasteiger partial charge in [0.05, 0.1) is 25.7 Å². The number of nitrogens with zero attached hydrogens (tertiary/aromatic N) is 1. The van der Waals surface area contributed by atoms with E-state index in [2.05, 4.69) is 19.1 Å². The molecule has 2 aromatic carbocycles. The number of hydrogen-bond donors (Lipinski definition) is 0. The van der Waals surface area contributed by atoms with Crippen molar-refractivity contribution >= 4 is 0 Å². The van der Waals surface area contributed by atoms with Gasteiger partial charge in [0.15, 0.2) is 0 Å². The van der Waals surface area contributed by atoms with Crippen LogP contribution in [0.1, 0.15) is 36.0 Å². The quantitative estimate of drug-likeness (QED) is 0.748. The van der Waals surface area contributed by atoms with Gasteiger partial charge < -0.3 is 9.47 Å². The molecule has 120 valence electrons. The van der Waals surface area contributed by atoms with Crippen molar-refractivity contribution < 1.29 is 9.47 Å². The lowest BCUT2D eigenvalue weighted by Gasteiger charge is -2.14. The Bertz CT molecular complexity index is 688. The van der Waals surface area contributed by atoms with E-state index in [9.17, 15) is 5.26 Å². The van der Waals surface area contributed by atoms with Crippen molar-refractivity contribution in [2.75, 3.05) is 13.7 Å². The van der Waals surface area contributed by atoms with Gasteiger partial charge in [0.25, 0.3) is 0 Å². The van der Waals surface area contributed by atoms with Crippen molar-refractivity contribution in [1.82, 2.24) is 0 Å². The first-order valence-electron chi connectivity index (χ1n) is 7.93. The topological polar surface area (TPSA) is 42.2 Å². The Morgan fingerprint density at radius 2 is 2.00 bits per heavy atom. The zero-order valence-electron chi connectivity index (χ0n) is 14.0. The first kappa shape index (κ1) is 16.9. The molecule has 0 saturated carbocycles. The number of methoxy groups -OCH3 is 1. The van der Waals surface area contributed by atoms with Crippen molar-refractivity contribution in [2.24, 2.45) is 0 Å². The lowest BCUT2D eigenvalue weighted by Crippen LogP contribution is -2.05. The fraction of sp³-hybridized carbons (Fsp3) is 0.350. The van der Waals surface area contributed by atoms with Crippen LogP contribution in [0.4, 0.5) is 0 Å². The van der Waals surface area contributed by atoms with E-state index < -0.39 is 0 Å². The Kier molecular flexibility index (Phi) is 6.05. The summed E-state index contributed by atoms with van der Waals surface area (Å²) in [6.07, 6.45) is 1.55. The third-order valence-corrected chi connectivity index (χ3v) is 3.91. The molecule has 0 bridgehead atoms. The summed E-state index contributed by atoms with van der Waals surface area (Å²) < 4.78 is 11.1. The van der Waals surface area contributed by atoms with E-state index in [1.165, 1.54) is 5.56 Å². The van der Waals surface area contributed by atoms with Crippen LogP contribution in [0.3, 0.4) is 0 Å². The van der Waals surface area contributed by atoms with E-state index in [4.69, 9.17) is 9.47 Å². The predicted octanol–water partition coefficient (Wildman–Crippen LogP) is 4.64. The van der Waals surface area contributed by atoms with E-state index >= 15 is 0 Å². The maximum Gasteiger partial charge on any atom is 0.122 e. The van der Waals surface area contributed by atoms with Gasteiger partial charge in [-0.05, 0) is 48.2 Å². The van der Waals surface area contributed by atoms with Crippen LogP contribution in [0, 0.1) is 18.3 Å². The first-order chi connectivity index (χ1) is 11.2. The highest BCUT2D eigenvalue weighted by Crippen LogP contribution is 2.26. The summed E-state index contributed by atoms with van der Waals surface area (Å²) in [6, 6.07) is 16.3. The van der Waals surface area contributed by atoms with Gasteiger partial charge in [0.2, 0.25) is 0 Å². The van der Waals surface area contributed by atoms with Gasteiger partial charge in [-0.1, -0.05) is 31.2 Å². The maximum absolute atomic E-state index is 9.47. The molecule has 0 saturated heterocycles. The Hall–Kier alpha value is -2.47. The molecule has 0 radical (unpaired) electrons. The summed E-state index contributed by atoms with van der Waals surface area (Å²) in [6.45, 7) is 4.65.